The monoisotopic (exact) mass is 491 g/mol. The smallest absolute Gasteiger partial charge is 0.344 e. The highest BCUT2D eigenvalue weighted by Crippen LogP contribution is 2.41. The number of ether oxygens (including phenoxy) is 2. The molecular weight excluding hydrogens is 470 g/mol. The van der Waals surface area contributed by atoms with Gasteiger partial charge in [-0.3, -0.25) is 0 Å². The number of halogens is 1. The van der Waals surface area contributed by atoms with Crippen LogP contribution in [0, 0.1) is 0 Å². The van der Waals surface area contributed by atoms with Gasteiger partial charge in [0.25, 0.3) is 0 Å². The summed E-state index contributed by atoms with van der Waals surface area (Å²) in [6.07, 6.45) is 1.78. The summed E-state index contributed by atoms with van der Waals surface area (Å²) in [5.74, 6) is -0.132. The van der Waals surface area contributed by atoms with Crippen LogP contribution in [0.1, 0.15) is 18.1 Å². The molecule has 4 rings (SSSR count). The molecule has 3 aromatic rings. The maximum absolute atomic E-state index is 12.6. The Morgan fingerprint density at radius 3 is 2.47 bits per heavy atom. The third kappa shape index (κ3) is 5.71. The Kier molecular flexibility index (Phi) is 7.72. The second kappa shape index (κ2) is 11.1. The lowest BCUT2D eigenvalue weighted by atomic mass is 10.1. The van der Waals surface area contributed by atoms with Gasteiger partial charge in [-0.2, -0.15) is 0 Å². The molecule has 34 heavy (non-hydrogen) atoms. The van der Waals surface area contributed by atoms with E-state index in [2.05, 4.69) is 4.99 Å². The molecule has 7 heteroatoms. The number of aliphatic hydroxyl groups excluding tert-OH is 1. The Labute approximate surface area is 207 Å². The summed E-state index contributed by atoms with van der Waals surface area (Å²) in [6, 6.07) is 24.2. The van der Waals surface area contributed by atoms with Crippen LogP contribution in [0.2, 0.25) is 5.02 Å². The Morgan fingerprint density at radius 2 is 1.74 bits per heavy atom. The van der Waals surface area contributed by atoms with Gasteiger partial charge in [-0.1, -0.05) is 71.9 Å². The number of carbonyl (C=O) groups excluding carboxylic acids is 1. The molecule has 0 unspecified atom stereocenters. The highest BCUT2D eigenvalue weighted by Gasteiger charge is 2.33. The van der Waals surface area contributed by atoms with Gasteiger partial charge in [0.15, 0.2) is 0 Å². The Balaban J connectivity index is 1.65. The standard InChI is InChI=1S/C27H22ClNO4S/c1-2-32-27(31)24-25(30)23(34-26(24)29-21-9-4-3-5-10-21)16-19-8-6-7-11-22(19)33-17-18-12-14-20(28)15-13-18/h3-16,30H,2,17H2,1H3/b23-16-,29-26?. The minimum atomic E-state index is -0.613. The lowest BCUT2D eigenvalue weighted by Crippen LogP contribution is -2.12. The van der Waals surface area contributed by atoms with Crippen LogP contribution >= 0.6 is 23.4 Å². The summed E-state index contributed by atoms with van der Waals surface area (Å²) in [4.78, 5) is 17.7. The second-order valence-electron chi connectivity index (χ2n) is 7.26. The van der Waals surface area contributed by atoms with E-state index in [9.17, 15) is 9.90 Å². The van der Waals surface area contributed by atoms with Gasteiger partial charge in [-0.05, 0) is 48.9 Å². The molecule has 1 aliphatic rings. The zero-order valence-corrected chi connectivity index (χ0v) is 20.0. The summed E-state index contributed by atoms with van der Waals surface area (Å²) in [5.41, 5.74) is 2.47. The number of nitrogens with zero attached hydrogens (tertiary/aromatic N) is 1. The minimum absolute atomic E-state index is 0.0570. The van der Waals surface area contributed by atoms with E-state index in [1.165, 1.54) is 11.8 Å². The summed E-state index contributed by atoms with van der Waals surface area (Å²) >= 11 is 7.17. The quantitative estimate of drug-likeness (QED) is 0.356. The van der Waals surface area contributed by atoms with E-state index in [0.29, 0.717) is 33.0 Å². The van der Waals surface area contributed by atoms with E-state index in [1.807, 2.05) is 78.9 Å². The molecule has 0 amide bonds. The van der Waals surface area contributed by atoms with Crippen LogP contribution in [0.4, 0.5) is 5.69 Å². The van der Waals surface area contributed by atoms with Crippen LogP contribution in [0.25, 0.3) is 6.08 Å². The maximum atomic E-state index is 12.6. The van der Waals surface area contributed by atoms with E-state index in [4.69, 9.17) is 21.1 Å². The zero-order valence-electron chi connectivity index (χ0n) is 18.4. The van der Waals surface area contributed by atoms with Gasteiger partial charge in [-0.25, -0.2) is 9.79 Å². The van der Waals surface area contributed by atoms with E-state index in [0.717, 1.165) is 11.1 Å². The second-order valence-corrected chi connectivity index (χ2v) is 8.73. The van der Waals surface area contributed by atoms with Gasteiger partial charge in [0.2, 0.25) is 0 Å². The fourth-order valence-electron chi connectivity index (χ4n) is 3.23. The van der Waals surface area contributed by atoms with Gasteiger partial charge in [-0.15, -0.1) is 0 Å². The van der Waals surface area contributed by atoms with Crippen molar-refractivity contribution in [2.75, 3.05) is 6.61 Å². The molecule has 0 saturated heterocycles. The molecule has 1 aliphatic heterocycles. The topological polar surface area (TPSA) is 68.1 Å². The predicted octanol–water partition coefficient (Wildman–Crippen LogP) is 7.11. The summed E-state index contributed by atoms with van der Waals surface area (Å²) in [6.45, 7) is 2.27. The summed E-state index contributed by atoms with van der Waals surface area (Å²) < 4.78 is 11.2. The summed E-state index contributed by atoms with van der Waals surface area (Å²) in [7, 11) is 0. The van der Waals surface area contributed by atoms with Gasteiger partial charge < -0.3 is 14.6 Å². The molecular formula is C27H22ClNO4S. The van der Waals surface area contributed by atoms with Crippen molar-refractivity contribution >= 4 is 46.1 Å². The molecule has 0 aromatic heterocycles. The first-order valence-electron chi connectivity index (χ1n) is 10.7. The highest BCUT2D eigenvalue weighted by molar-refractivity contribution is 8.18. The number of aliphatic imine (C=N–C) groups is 1. The Morgan fingerprint density at radius 1 is 1.03 bits per heavy atom. The van der Waals surface area contributed by atoms with Crippen LogP contribution in [-0.4, -0.2) is 22.7 Å². The van der Waals surface area contributed by atoms with Gasteiger partial charge in [0.1, 0.15) is 28.7 Å². The van der Waals surface area contributed by atoms with Crippen molar-refractivity contribution in [1.29, 1.82) is 0 Å². The molecule has 0 bridgehead atoms. The molecule has 0 spiro atoms. The first-order valence-corrected chi connectivity index (χ1v) is 11.8. The van der Waals surface area contributed by atoms with E-state index in [1.54, 1.807) is 13.0 Å². The predicted molar refractivity (Wildman–Crippen MR) is 138 cm³/mol. The van der Waals surface area contributed by atoms with Crippen molar-refractivity contribution in [3.8, 4) is 5.75 Å². The number of para-hydroxylation sites is 2. The van der Waals surface area contributed by atoms with E-state index in [-0.39, 0.29) is 17.9 Å². The molecule has 0 fully saturated rings. The molecule has 1 N–H and O–H groups in total. The number of hydrogen-bond acceptors (Lipinski definition) is 6. The van der Waals surface area contributed by atoms with Gasteiger partial charge in [0, 0.05) is 10.6 Å². The Bertz CT molecular complexity index is 1270. The number of aliphatic hydroxyl groups is 1. The van der Waals surface area contributed by atoms with Crippen molar-refractivity contribution in [1.82, 2.24) is 0 Å². The number of carbonyl (C=O) groups is 1. The van der Waals surface area contributed by atoms with Gasteiger partial charge >= 0.3 is 5.97 Å². The molecule has 1 heterocycles. The SMILES string of the molecule is CCOC(=O)C1=C(O)/C(=C/c2ccccc2OCc2ccc(Cl)cc2)SC1=Nc1ccccc1. The number of benzene rings is 3. The molecule has 172 valence electrons. The molecule has 0 aliphatic carbocycles. The van der Waals surface area contributed by atoms with Crippen LogP contribution in [-0.2, 0) is 16.1 Å². The third-order valence-electron chi connectivity index (χ3n) is 4.87. The number of hydrogen-bond donors (Lipinski definition) is 1. The summed E-state index contributed by atoms with van der Waals surface area (Å²) in [5, 5.41) is 12.0. The Hall–Kier alpha value is -3.48. The van der Waals surface area contributed by atoms with Crippen LogP contribution in [0.3, 0.4) is 0 Å². The van der Waals surface area contributed by atoms with Crippen molar-refractivity contribution in [2.24, 2.45) is 4.99 Å². The van der Waals surface area contributed by atoms with Crippen molar-refractivity contribution in [2.45, 2.75) is 13.5 Å². The maximum Gasteiger partial charge on any atom is 0.344 e. The minimum Gasteiger partial charge on any atom is -0.506 e. The van der Waals surface area contributed by atoms with Crippen molar-refractivity contribution in [3.05, 3.63) is 111 Å². The lowest BCUT2D eigenvalue weighted by molar-refractivity contribution is -0.138. The molecule has 0 radical (unpaired) electrons. The normalized spacial score (nSPS) is 15.7. The first-order chi connectivity index (χ1) is 16.5. The first kappa shape index (κ1) is 23.7. The fourth-order valence-corrected chi connectivity index (χ4v) is 4.38. The van der Waals surface area contributed by atoms with E-state index < -0.39 is 5.97 Å². The van der Waals surface area contributed by atoms with Crippen molar-refractivity contribution in [3.63, 3.8) is 0 Å². The molecule has 0 saturated carbocycles. The average molecular weight is 492 g/mol. The average Bonchev–Trinajstić information content (AvgIpc) is 3.14. The fraction of sp³-hybridized carbons (Fsp3) is 0.111. The van der Waals surface area contributed by atoms with Gasteiger partial charge in [0.05, 0.1) is 17.2 Å². The van der Waals surface area contributed by atoms with Crippen LogP contribution in [0.5, 0.6) is 5.75 Å². The number of esters is 1. The largest absolute Gasteiger partial charge is 0.506 e. The molecule has 0 atom stereocenters. The lowest BCUT2D eigenvalue weighted by Gasteiger charge is -2.10. The van der Waals surface area contributed by atoms with Crippen LogP contribution < -0.4 is 4.74 Å². The molecule has 5 nitrogen and oxygen atoms in total. The third-order valence-corrected chi connectivity index (χ3v) is 6.14. The molecule has 3 aromatic carbocycles. The highest BCUT2D eigenvalue weighted by atomic mass is 35.5. The van der Waals surface area contributed by atoms with Crippen molar-refractivity contribution < 1.29 is 19.4 Å². The zero-order chi connectivity index (χ0) is 23.9. The number of rotatable bonds is 7. The van der Waals surface area contributed by atoms with E-state index >= 15 is 0 Å². The number of thioether (sulfide) groups is 1. The van der Waals surface area contributed by atoms with Crippen LogP contribution in [0.15, 0.2) is 100 Å².